The van der Waals surface area contributed by atoms with Gasteiger partial charge in [0, 0.05) is 19.3 Å². The highest BCUT2D eigenvalue weighted by Crippen LogP contribution is 2.43. The second-order valence-corrected chi connectivity index (χ2v) is 24.1. The first-order valence-electron chi connectivity index (χ1n) is 33.5. The minimum absolute atomic E-state index is 0.160. The van der Waals surface area contributed by atoms with E-state index in [2.05, 4.69) is 69.4 Å². The lowest BCUT2D eigenvalue weighted by molar-refractivity contribution is -0.161. The van der Waals surface area contributed by atoms with Gasteiger partial charge in [-0.05, 0) is 83.5 Å². The smallest absolute Gasteiger partial charge is 0.462 e. The second-order valence-electron chi connectivity index (χ2n) is 22.6. The van der Waals surface area contributed by atoms with Gasteiger partial charge in [0.1, 0.15) is 12.7 Å². The summed E-state index contributed by atoms with van der Waals surface area (Å²) < 4.78 is 39.8. The zero-order valence-corrected chi connectivity index (χ0v) is 53.0. The van der Waals surface area contributed by atoms with Crippen molar-refractivity contribution in [3.63, 3.8) is 0 Å². The number of hydrogen-bond acceptors (Lipinski definition) is 10. The van der Waals surface area contributed by atoms with E-state index in [1.807, 2.05) is 0 Å². The van der Waals surface area contributed by atoms with Gasteiger partial charge in [-0.3, -0.25) is 23.4 Å². The van der Waals surface area contributed by atoms with Crippen LogP contribution in [-0.4, -0.2) is 66.5 Å². The molecule has 0 aliphatic rings. The number of phosphoric acid groups is 1. The van der Waals surface area contributed by atoms with E-state index in [1.165, 1.54) is 180 Å². The Hall–Kier alpha value is -2.56. The van der Waals surface area contributed by atoms with Crippen LogP contribution in [0, 0.1) is 0 Å². The van der Waals surface area contributed by atoms with Crippen molar-refractivity contribution >= 4 is 25.7 Å². The van der Waals surface area contributed by atoms with Gasteiger partial charge in [0.2, 0.25) is 0 Å². The van der Waals surface area contributed by atoms with Crippen molar-refractivity contribution in [1.82, 2.24) is 0 Å². The first-order chi connectivity index (χ1) is 39.2. The Morgan fingerprint density at radius 2 is 0.613 bits per heavy atom. The molecule has 0 aromatic rings. The molecule has 2 N–H and O–H groups in total. The highest BCUT2D eigenvalue weighted by Gasteiger charge is 2.28. The number of phosphoric ester groups is 1. The van der Waals surface area contributed by atoms with Gasteiger partial charge < -0.3 is 24.2 Å². The van der Waals surface area contributed by atoms with Gasteiger partial charge in [-0.1, -0.05) is 275 Å². The zero-order chi connectivity index (χ0) is 58.3. The van der Waals surface area contributed by atoms with Crippen molar-refractivity contribution in [2.75, 3.05) is 26.4 Å². The summed E-state index contributed by atoms with van der Waals surface area (Å²) in [6.07, 6.45) is 69.1. The van der Waals surface area contributed by atoms with Gasteiger partial charge in [-0.15, -0.1) is 0 Å². The number of allylic oxidation sites excluding steroid dienone is 8. The molecular formula is C68H125O11P. The van der Waals surface area contributed by atoms with E-state index in [0.717, 1.165) is 89.9 Å². The van der Waals surface area contributed by atoms with E-state index in [4.69, 9.17) is 23.3 Å². The molecule has 0 fully saturated rings. The van der Waals surface area contributed by atoms with Crippen LogP contribution in [0.15, 0.2) is 48.6 Å². The van der Waals surface area contributed by atoms with Crippen molar-refractivity contribution in [2.24, 2.45) is 0 Å². The summed E-state index contributed by atoms with van der Waals surface area (Å²) >= 11 is 0. The zero-order valence-electron chi connectivity index (χ0n) is 52.1. The van der Waals surface area contributed by atoms with Crippen molar-refractivity contribution in [1.29, 1.82) is 0 Å². The lowest BCUT2D eigenvalue weighted by atomic mass is 10.0. The van der Waals surface area contributed by atoms with Crippen LogP contribution >= 0.6 is 7.82 Å². The summed E-state index contributed by atoms with van der Waals surface area (Å²) in [6.45, 7) is 4.66. The van der Waals surface area contributed by atoms with E-state index in [1.54, 1.807) is 0 Å². The highest BCUT2D eigenvalue weighted by atomic mass is 31.2. The Morgan fingerprint density at radius 3 is 0.950 bits per heavy atom. The number of ether oxygens (including phenoxy) is 3. The normalized spacial score (nSPS) is 13.5. The van der Waals surface area contributed by atoms with Crippen molar-refractivity contribution < 1.29 is 52.2 Å². The van der Waals surface area contributed by atoms with Gasteiger partial charge in [-0.2, -0.15) is 0 Å². The molecule has 80 heavy (non-hydrogen) atoms. The quantitative estimate of drug-likeness (QED) is 0.0197. The van der Waals surface area contributed by atoms with Crippen LogP contribution in [0.3, 0.4) is 0 Å². The monoisotopic (exact) mass is 1150 g/mol. The summed E-state index contributed by atoms with van der Waals surface area (Å²) in [6, 6.07) is 0. The summed E-state index contributed by atoms with van der Waals surface area (Å²) in [5, 5.41) is 9.87. The molecule has 468 valence electrons. The van der Waals surface area contributed by atoms with Gasteiger partial charge >= 0.3 is 25.7 Å². The third-order valence-electron chi connectivity index (χ3n) is 14.7. The fourth-order valence-corrected chi connectivity index (χ4v) is 10.4. The molecule has 0 aliphatic carbocycles. The molecule has 12 heteroatoms. The van der Waals surface area contributed by atoms with Crippen molar-refractivity contribution in [3.05, 3.63) is 48.6 Å². The number of esters is 3. The SMILES string of the molecule is CCCCC/C=C\C/C=C\CCCCCCCCCCCC(=O)OCC(COP(=O)(O)OCC(CO)OC(=O)CCCCCCCCCCCCCCCCCCC)OC(=O)CCCCCCCCC/C=C\C/C=C\CCCCC. The number of carbonyl (C=O) groups is 3. The summed E-state index contributed by atoms with van der Waals surface area (Å²) in [5.74, 6) is -1.45. The number of aliphatic hydroxyl groups excluding tert-OH is 1. The third-order valence-corrected chi connectivity index (χ3v) is 15.7. The average Bonchev–Trinajstić information content (AvgIpc) is 3.45. The number of hydrogen-bond donors (Lipinski definition) is 2. The Kier molecular flexibility index (Phi) is 60.5. The van der Waals surface area contributed by atoms with E-state index >= 15 is 0 Å². The topological polar surface area (TPSA) is 155 Å². The third kappa shape index (κ3) is 60.0. The van der Waals surface area contributed by atoms with Crippen molar-refractivity contribution in [2.45, 2.75) is 341 Å². The maximum absolute atomic E-state index is 13.0. The number of unbranched alkanes of at least 4 members (excludes halogenated alkanes) is 38. The molecule has 0 spiro atoms. The fourth-order valence-electron chi connectivity index (χ4n) is 9.60. The average molecular weight is 1150 g/mol. The molecule has 3 atom stereocenters. The second kappa shape index (κ2) is 62.5. The first-order valence-corrected chi connectivity index (χ1v) is 35.0. The van der Waals surface area contributed by atoms with Crippen LogP contribution in [0.2, 0.25) is 0 Å². The predicted octanol–water partition coefficient (Wildman–Crippen LogP) is 20.5. The molecule has 11 nitrogen and oxygen atoms in total. The van der Waals surface area contributed by atoms with Gasteiger partial charge in [0.15, 0.2) is 6.10 Å². The summed E-state index contributed by atoms with van der Waals surface area (Å²) in [4.78, 5) is 48.8. The lowest BCUT2D eigenvalue weighted by Crippen LogP contribution is -2.30. The Morgan fingerprint density at radius 1 is 0.350 bits per heavy atom. The molecule has 0 aliphatic heterocycles. The van der Waals surface area contributed by atoms with Crippen molar-refractivity contribution in [3.8, 4) is 0 Å². The number of carbonyl (C=O) groups excluding carboxylic acids is 3. The first kappa shape index (κ1) is 77.4. The van der Waals surface area contributed by atoms with Crippen LogP contribution in [0.5, 0.6) is 0 Å². The van der Waals surface area contributed by atoms with Gasteiger partial charge in [0.05, 0.1) is 19.8 Å². The van der Waals surface area contributed by atoms with Crippen LogP contribution < -0.4 is 0 Å². The van der Waals surface area contributed by atoms with E-state index in [-0.39, 0.29) is 25.9 Å². The minimum atomic E-state index is -4.75. The maximum atomic E-state index is 13.0. The molecule has 0 aromatic heterocycles. The van der Waals surface area contributed by atoms with Crippen LogP contribution in [0.4, 0.5) is 0 Å². The molecule has 3 unspecified atom stereocenters. The van der Waals surface area contributed by atoms with Crippen LogP contribution in [-0.2, 0) is 42.2 Å². The summed E-state index contributed by atoms with van der Waals surface area (Å²) in [7, 11) is -4.75. The Bertz CT molecular complexity index is 1530. The summed E-state index contributed by atoms with van der Waals surface area (Å²) in [5.41, 5.74) is 0. The van der Waals surface area contributed by atoms with Gasteiger partial charge in [0.25, 0.3) is 0 Å². The minimum Gasteiger partial charge on any atom is -0.462 e. The molecule has 0 rings (SSSR count). The standard InChI is InChI=1S/C68H125O11P/c1-4-7-10-13-16-19-22-25-28-31-32-35-36-39-42-45-48-51-54-57-66(70)75-61-65(79-68(72)59-56-53-50-47-44-41-38-34-30-27-24-21-18-15-12-9-6-3)63-77-80(73,74)76-62-64(60-69)78-67(71)58-55-52-49-46-43-40-37-33-29-26-23-20-17-14-11-8-5-2/h16,18-19,21,25,27-28,30,64-65,69H,4-15,17,20,22-24,26,29,31-63H2,1-3H3,(H,73,74)/b19-16-,21-18-,28-25-,30-27-. The van der Waals surface area contributed by atoms with E-state index in [9.17, 15) is 28.9 Å². The predicted molar refractivity (Wildman–Crippen MR) is 335 cm³/mol. The molecule has 0 aromatic carbocycles. The Labute approximate surface area is 492 Å². The van der Waals surface area contributed by atoms with Gasteiger partial charge in [-0.25, -0.2) is 4.57 Å². The molecule has 0 amide bonds. The number of aliphatic hydroxyl groups is 1. The molecule has 0 bridgehead atoms. The molecule has 0 radical (unpaired) electrons. The molecule has 0 saturated carbocycles. The maximum Gasteiger partial charge on any atom is 0.472 e. The molecule has 0 heterocycles. The fraction of sp³-hybridized carbons (Fsp3) is 0.838. The molecular weight excluding hydrogens is 1020 g/mol. The highest BCUT2D eigenvalue weighted by molar-refractivity contribution is 7.47. The molecule has 0 saturated heterocycles. The van der Waals surface area contributed by atoms with Crippen LogP contribution in [0.1, 0.15) is 329 Å². The van der Waals surface area contributed by atoms with E-state index < -0.39 is 57.8 Å². The largest absolute Gasteiger partial charge is 0.472 e. The lowest BCUT2D eigenvalue weighted by Gasteiger charge is -2.21. The van der Waals surface area contributed by atoms with Crippen LogP contribution in [0.25, 0.3) is 0 Å². The van der Waals surface area contributed by atoms with E-state index in [0.29, 0.717) is 19.3 Å². The number of rotatable bonds is 63. The Balaban J connectivity index is 4.67.